The second kappa shape index (κ2) is 6.56. The molecule has 0 saturated carbocycles. The Bertz CT molecular complexity index is 939. The summed E-state index contributed by atoms with van der Waals surface area (Å²) >= 11 is 0. The molecule has 4 N–H and O–H groups in total. The number of benzene rings is 2. The summed E-state index contributed by atoms with van der Waals surface area (Å²) in [5.74, 6) is -1.10. The molecule has 0 aromatic heterocycles. The molecule has 0 amide bonds. The molecule has 1 aliphatic rings. The zero-order chi connectivity index (χ0) is 19.1. The molecule has 1 aliphatic heterocycles. The van der Waals surface area contributed by atoms with E-state index in [0.717, 1.165) is 6.07 Å². The predicted octanol–water partition coefficient (Wildman–Crippen LogP) is 1.68. The van der Waals surface area contributed by atoms with Crippen LogP contribution in [0.3, 0.4) is 0 Å². The van der Waals surface area contributed by atoms with Crippen molar-refractivity contribution in [3.05, 3.63) is 41.5 Å². The van der Waals surface area contributed by atoms with Gasteiger partial charge in [-0.3, -0.25) is 4.55 Å². The van der Waals surface area contributed by atoms with Gasteiger partial charge in [0.05, 0.1) is 0 Å². The van der Waals surface area contributed by atoms with Gasteiger partial charge >= 0.3 is 10.4 Å². The number of phenols is 3. The van der Waals surface area contributed by atoms with Crippen LogP contribution in [0, 0.1) is 0 Å². The van der Waals surface area contributed by atoms with Crippen molar-refractivity contribution in [2.24, 2.45) is 0 Å². The topological polar surface area (TPSA) is 143 Å². The minimum atomic E-state index is -4.80. The Kier molecular flexibility index (Phi) is 4.57. The lowest BCUT2D eigenvalue weighted by atomic mass is 9.93. The zero-order valence-electron chi connectivity index (χ0n) is 13.5. The van der Waals surface area contributed by atoms with Crippen LogP contribution in [0.5, 0.6) is 28.7 Å². The maximum absolute atomic E-state index is 11.0. The van der Waals surface area contributed by atoms with E-state index < -0.39 is 22.6 Å². The fourth-order valence-electron chi connectivity index (χ4n) is 2.83. The average molecular weight is 384 g/mol. The Morgan fingerprint density at radius 1 is 1.12 bits per heavy atom. The summed E-state index contributed by atoms with van der Waals surface area (Å²) in [6, 6.07) is 6.46. The summed E-state index contributed by atoms with van der Waals surface area (Å²) in [5, 5.41) is 28.9. The van der Waals surface area contributed by atoms with E-state index in [1.54, 1.807) is 0 Å². The van der Waals surface area contributed by atoms with Gasteiger partial charge in [0.1, 0.15) is 17.6 Å². The highest BCUT2D eigenvalue weighted by atomic mass is 32.3. The molecular weight excluding hydrogens is 368 g/mol. The SMILES string of the molecule is COC1Cc2c(cc(O)cc2OS(=O)(=O)O)OC1c1ccc(O)c(O)c1. The highest BCUT2D eigenvalue weighted by molar-refractivity contribution is 7.81. The summed E-state index contributed by atoms with van der Waals surface area (Å²) < 4.78 is 46.7. The normalized spacial score (nSPS) is 19.5. The van der Waals surface area contributed by atoms with Crippen LogP contribution in [0.1, 0.15) is 17.2 Å². The molecule has 10 heteroatoms. The quantitative estimate of drug-likeness (QED) is 0.457. The van der Waals surface area contributed by atoms with Crippen LogP contribution in [-0.4, -0.2) is 41.5 Å². The molecule has 3 rings (SSSR count). The average Bonchev–Trinajstić information content (AvgIpc) is 2.54. The van der Waals surface area contributed by atoms with Crippen molar-refractivity contribution in [1.82, 2.24) is 0 Å². The molecular formula is C16H16O9S. The Hall–Kier alpha value is -2.69. The van der Waals surface area contributed by atoms with Crippen molar-refractivity contribution in [3.8, 4) is 28.7 Å². The van der Waals surface area contributed by atoms with Crippen molar-refractivity contribution in [2.75, 3.05) is 7.11 Å². The molecule has 26 heavy (non-hydrogen) atoms. The molecule has 0 saturated heterocycles. The fraction of sp³-hybridized carbons (Fsp3) is 0.250. The lowest BCUT2D eigenvalue weighted by molar-refractivity contribution is -0.0120. The third kappa shape index (κ3) is 3.62. The summed E-state index contributed by atoms with van der Waals surface area (Å²) in [6.45, 7) is 0. The molecule has 2 unspecified atom stereocenters. The summed E-state index contributed by atoms with van der Waals surface area (Å²) in [5.41, 5.74) is 0.782. The van der Waals surface area contributed by atoms with Gasteiger partial charge in [-0.1, -0.05) is 6.07 Å². The standard InChI is InChI=1S/C16H16O9S/c1-23-15-7-10-13(5-9(17)6-14(10)25-26(20,21)22)24-16(15)8-2-3-11(18)12(19)4-8/h2-6,15-19H,7H2,1H3,(H,20,21,22). The van der Waals surface area contributed by atoms with E-state index in [1.165, 1.54) is 31.4 Å². The minimum absolute atomic E-state index is 0.134. The molecule has 0 bridgehead atoms. The van der Waals surface area contributed by atoms with Crippen LogP contribution < -0.4 is 8.92 Å². The largest absolute Gasteiger partial charge is 0.508 e. The van der Waals surface area contributed by atoms with Gasteiger partial charge in [-0.15, -0.1) is 0 Å². The molecule has 2 aromatic rings. The Morgan fingerprint density at radius 3 is 2.46 bits per heavy atom. The summed E-state index contributed by atoms with van der Waals surface area (Å²) in [4.78, 5) is 0. The maximum atomic E-state index is 11.0. The highest BCUT2D eigenvalue weighted by Gasteiger charge is 2.35. The predicted molar refractivity (Wildman–Crippen MR) is 87.9 cm³/mol. The summed E-state index contributed by atoms with van der Waals surface area (Å²) in [6.07, 6.45) is -1.16. The van der Waals surface area contributed by atoms with Gasteiger partial charge in [0.2, 0.25) is 0 Å². The van der Waals surface area contributed by atoms with E-state index in [0.29, 0.717) is 5.56 Å². The van der Waals surface area contributed by atoms with Gasteiger partial charge in [-0.25, -0.2) is 0 Å². The van der Waals surface area contributed by atoms with Crippen molar-refractivity contribution in [1.29, 1.82) is 0 Å². The van der Waals surface area contributed by atoms with Crippen molar-refractivity contribution < 1.29 is 41.9 Å². The second-order valence-corrected chi connectivity index (χ2v) is 6.72. The molecule has 1 heterocycles. The van der Waals surface area contributed by atoms with Gasteiger partial charge in [-0.2, -0.15) is 8.42 Å². The highest BCUT2D eigenvalue weighted by Crippen LogP contribution is 2.44. The first-order chi connectivity index (χ1) is 12.2. The fourth-order valence-corrected chi connectivity index (χ4v) is 3.20. The smallest absolute Gasteiger partial charge is 0.446 e. The van der Waals surface area contributed by atoms with Gasteiger partial charge < -0.3 is 29.0 Å². The Balaban J connectivity index is 2.04. The van der Waals surface area contributed by atoms with Crippen LogP contribution in [0.15, 0.2) is 30.3 Å². The third-order valence-electron chi connectivity index (χ3n) is 3.98. The number of aromatic hydroxyl groups is 3. The van der Waals surface area contributed by atoms with Crippen LogP contribution in [0.2, 0.25) is 0 Å². The maximum Gasteiger partial charge on any atom is 0.446 e. The molecule has 0 fully saturated rings. The molecule has 0 radical (unpaired) electrons. The number of hydrogen-bond acceptors (Lipinski definition) is 8. The van der Waals surface area contributed by atoms with E-state index in [2.05, 4.69) is 4.18 Å². The van der Waals surface area contributed by atoms with Crippen LogP contribution in [-0.2, 0) is 21.6 Å². The number of methoxy groups -OCH3 is 1. The van der Waals surface area contributed by atoms with E-state index >= 15 is 0 Å². The second-order valence-electron chi connectivity index (χ2n) is 5.70. The van der Waals surface area contributed by atoms with Crippen LogP contribution in [0.25, 0.3) is 0 Å². The van der Waals surface area contributed by atoms with Crippen LogP contribution >= 0.6 is 0 Å². The first kappa shape index (κ1) is 18.1. The molecule has 2 atom stereocenters. The van der Waals surface area contributed by atoms with Crippen molar-refractivity contribution in [2.45, 2.75) is 18.6 Å². The minimum Gasteiger partial charge on any atom is -0.508 e. The number of hydrogen-bond donors (Lipinski definition) is 4. The van der Waals surface area contributed by atoms with Gasteiger partial charge in [0.15, 0.2) is 23.4 Å². The molecule has 9 nitrogen and oxygen atoms in total. The monoisotopic (exact) mass is 384 g/mol. The Morgan fingerprint density at radius 2 is 1.85 bits per heavy atom. The van der Waals surface area contributed by atoms with E-state index in [9.17, 15) is 23.7 Å². The molecule has 2 aromatic carbocycles. The first-order valence-electron chi connectivity index (χ1n) is 7.42. The van der Waals surface area contributed by atoms with E-state index in [1.807, 2.05) is 0 Å². The lowest BCUT2D eigenvalue weighted by Gasteiger charge is -2.33. The van der Waals surface area contributed by atoms with Gasteiger partial charge in [0, 0.05) is 31.2 Å². The van der Waals surface area contributed by atoms with Gasteiger partial charge in [-0.05, 0) is 17.7 Å². The molecule has 0 aliphatic carbocycles. The van der Waals surface area contributed by atoms with Crippen molar-refractivity contribution >= 4 is 10.4 Å². The Labute approximate surface area is 149 Å². The number of phenolic OH excluding ortho intramolecular Hbond substituents is 3. The van der Waals surface area contributed by atoms with E-state index in [-0.39, 0.29) is 40.7 Å². The van der Waals surface area contributed by atoms with Crippen molar-refractivity contribution in [3.63, 3.8) is 0 Å². The third-order valence-corrected chi connectivity index (χ3v) is 4.37. The zero-order valence-corrected chi connectivity index (χ0v) is 14.3. The first-order valence-corrected chi connectivity index (χ1v) is 8.78. The molecule has 0 spiro atoms. The lowest BCUT2D eigenvalue weighted by Crippen LogP contribution is -2.32. The van der Waals surface area contributed by atoms with Gasteiger partial charge in [0.25, 0.3) is 0 Å². The molecule has 140 valence electrons. The summed E-state index contributed by atoms with van der Waals surface area (Å²) in [7, 11) is -3.37. The number of ether oxygens (including phenoxy) is 2. The number of fused-ring (bicyclic) bond motifs is 1. The van der Waals surface area contributed by atoms with Crippen LogP contribution in [0.4, 0.5) is 0 Å². The number of rotatable bonds is 4. The van der Waals surface area contributed by atoms with E-state index in [4.69, 9.17) is 14.0 Å².